The summed E-state index contributed by atoms with van der Waals surface area (Å²) in [6, 6.07) is 0.568. The summed E-state index contributed by atoms with van der Waals surface area (Å²) < 4.78 is 0. The van der Waals surface area contributed by atoms with Crippen LogP contribution in [0, 0.1) is 11.3 Å². The fraction of sp³-hybridized carbons (Fsp3) is 0.824. The van der Waals surface area contributed by atoms with Gasteiger partial charge in [0.05, 0.1) is 0 Å². The molecule has 1 saturated carbocycles. The molecule has 0 bridgehead atoms. The zero-order valence-corrected chi connectivity index (χ0v) is 13.4. The Morgan fingerprint density at radius 2 is 2.10 bits per heavy atom. The SMILES string of the molecule is CCCNC(Cc1ncc[nH]1)C1(CC(C)C)CCCC1. The van der Waals surface area contributed by atoms with E-state index in [1.807, 2.05) is 12.4 Å². The van der Waals surface area contributed by atoms with Gasteiger partial charge in [0.2, 0.25) is 0 Å². The van der Waals surface area contributed by atoms with E-state index >= 15 is 0 Å². The molecule has 3 nitrogen and oxygen atoms in total. The minimum absolute atomic E-state index is 0.482. The molecule has 1 aliphatic carbocycles. The van der Waals surface area contributed by atoms with Crippen LogP contribution in [0.3, 0.4) is 0 Å². The monoisotopic (exact) mass is 277 g/mol. The zero-order chi connectivity index (χ0) is 14.4. The lowest BCUT2D eigenvalue weighted by Crippen LogP contribution is -2.46. The molecule has 1 atom stereocenters. The van der Waals surface area contributed by atoms with E-state index in [-0.39, 0.29) is 0 Å². The molecule has 0 amide bonds. The molecule has 1 aliphatic rings. The first-order valence-corrected chi connectivity index (χ1v) is 8.38. The van der Waals surface area contributed by atoms with E-state index in [1.165, 1.54) is 38.5 Å². The van der Waals surface area contributed by atoms with Crippen molar-refractivity contribution in [3.8, 4) is 0 Å². The Morgan fingerprint density at radius 1 is 1.35 bits per heavy atom. The van der Waals surface area contributed by atoms with Gasteiger partial charge in [0.25, 0.3) is 0 Å². The van der Waals surface area contributed by atoms with E-state index in [2.05, 4.69) is 36.1 Å². The Balaban J connectivity index is 2.13. The lowest BCUT2D eigenvalue weighted by molar-refractivity contribution is 0.152. The number of nitrogens with one attached hydrogen (secondary N) is 2. The number of hydrogen-bond donors (Lipinski definition) is 2. The molecule has 2 rings (SSSR count). The summed E-state index contributed by atoms with van der Waals surface area (Å²) in [5.41, 5.74) is 0.482. The molecule has 0 aliphatic heterocycles. The summed E-state index contributed by atoms with van der Waals surface area (Å²) in [6.07, 6.45) is 13.0. The second-order valence-electron chi connectivity index (χ2n) is 6.91. The smallest absolute Gasteiger partial charge is 0.107 e. The summed E-state index contributed by atoms with van der Waals surface area (Å²) in [5, 5.41) is 3.84. The largest absolute Gasteiger partial charge is 0.349 e. The molecule has 2 N–H and O–H groups in total. The highest BCUT2D eigenvalue weighted by molar-refractivity contribution is 5.01. The van der Waals surface area contributed by atoms with Crippen molar-refractivity contribution in [3.05, 3.63) is 18.2 Å². The maximum Gasteiger partial charge on any atom is 0.107 e. The van der Waals surface area contributed by atoms with Crippen LogP contribution in [-0.4, -0.2) is 22.6 Å². The minimum Gasteiger partial charge on any atom is -0.349 e. The van der Waals surface area contributed by atoms with Crippen molar-refractivity contribution >= 4 is 0 Å². The van der Waals surface area contributed by atoms with Crippen LogP contribution in [0.1, 0.15) is 65.1 Å². The number of aromatic amines is 1. The molecule has 0 aromatic carbocycles. The Morgan fingerprint density at radius 3 is 2.65 bits per heavy atom. The van der Waals surface area contributed by atoms with Gasteiger partial charge in [-0.1, -0.05) is 33.6 Å². The Hall–Kier alpha value is -0.830. The van der Waals surface area contributed by atoms with E-state index in [4.69, 9.17) is 0 Å². The summed E-state index contributed by atoms with van der Waals surface area (Å²) in [6.45, 7) is 8.10. The number of nitrogens with zero attached hydrogens (tertiary/aromatic N) is 1. The van der Waals surface area contributed by atoms with Crippen LogP contribution >= 0.6 is 0 Å². The third kappa shape index (κ3) is 3.85. The summed E-state index contributed by atoms with van der Waals surface area (Å²) in [5.74, 6) is 1.91. The summed E-state index contributed by atoms with van der Waals surface area (Å²) in [4.78, 5) is 7.74. The lowest BCUT2D eigenvalue weighted by Gasteiger charge is -2.39. The second-order valence-corrected chi connectivity index (χ2v) is 6.91. The van der Waals surface area contributed by atoms with Crippen LogP contribution in [0.4, 0.5) is 0 Å². The minimum atomic E-state index is 0.482. The van der Waals surface area contributed by atoms with Crippen LogP contribution in [0.15, 0.2) is 12.4 Å². The molecule has 3 heteroatoms. The average molecular weight is 277 g/mol. The molecule has 0 saturated heterocycles. The van der Waals surface area contributed by atoms with Crippen molar-refractivity contribution in [2.45, 2.75) is 71.8 Å². The molecule has 1 aromatic rings. The first kappa shape index (κ1) is 15.6. The molecular formula is C17H31N3. The number of hydrogen-bond acceptors (Lipinski definition) is 2. The third-order valence-electron chi connectivity index (χ3n) is 4.75. The van der Waals surface area contributed by atoms with Crippen LogP contribution in [0.5, 0.6) is 0 Å². The molecule has 114 valence electrons. The fourth-order valence-corrected chi connectivity index (χ4v) is 4.01. The fourth-order valence-electron chi connectivity index (χ4n) is 4.01. The van der Waals surface area contributed by atoms with Gasteiger partial charge >= 0.3 is 0 Å². The van der Waals surface area contributed by atoms with Crippen molar-refractivity contribution in [1.82, 2.24) is 15.3 Å². The third-order valence-corrected chi connectivity index (χ3v) is 4.75. The van der Waals surface area contributed by atoms with Gasteiger partial charge in [0.1, 0.15) is 5.82 Å². The zero-order valence-electron chi connectivity index (χ0n) is 13.4. The normalized spacial score (nSPS) is 19.6. The van der Waals surface area contributed by atoms with E-state index in [0.29, 0.717) is 11.5 Å². The maximum absolute atomic E-state index is 4.45. The number of imidazole rings is 1. The van der Waals surface area contributed by atoms with E-state index in [0.717, 1.165) is 24.7 Å². The maximum atomic E-state index is 4.45. The topological polar surface area (TPSA) is 40.7 Å². The van der Waals surface area contributed by atoms with Gasteiger partial charge in [0, 0.05) is 24.9 Å². The van der Waals surface area contributed by atoms with Crippen LogP contribution < -0.4 is 5.32 Å². The highest BCUT2D eigenvalue weighted by Gasteiger charge is 2.41. The van der Waals surface area contributed by atoms with Crippen molar-refractivity contribution in [2.24, 2.45) is 11.3 Å². The predicted octanol–water partition coefficient (Wildman–Crippen LogP) is 3.93. The van der Waals surface area contributed by atoms with Crippen molar-refractivity contribution < 1.29 is 0 Å². The van der Waals surface area contributed by atoms with Gasteiger partial charge in [-0.05, 0) is 43.6 Å². The van der Waals surface area contributed by atoms with Crippen molar-refractivity contribution in [2.75, 3.05) is 6.54 Å². The van der Waals surface area contributed by atoms with Gasteiger partial charge < -0.3 is 10.3 Å². The lowest BCUT2D eigenvalue weighted by atomic mass is 9.71. The summed E-state index contributed by atoms with van der Waals surface area (Å²) >= 11 is 0. The number of rotatable bonds is 8. The van der Waals surface area contributed by atoms with Crippen LogP contribution in [-0.2, 0) is 6.42 Å². The Bertz CT molecular complexity index is 364. The molecule has 20 heavy (non-hydrogen) atoms. The Kier molecular flexibility index (Phi) is 5.64. The summed E-state index contributed by atoms with van der Waals surface area (Å²) in [7, 11) is 0. The van der Waals surface area contributed by atoms with Gasteiger partial charge in [-0.3, -0.25) is 0 Å². The molecule has 1 aromatic heterocycles. The van der Waals surface area contributed by atoms with Gasteiger partial charge in [-0.15, -0.1) is 0 Å². The first-order valence-electron chi connectivity index (χ1n) is 8.38. The first-order chi connectivity index (χ1) is 9.66. The van der Waals surface area contributed by atoms with Crippen molar-refractivity contribution in [3.63, 3.8) is 0 Å². The average Bonchev–Trinajstić information content (AvgIpc) is 3.05. The quantitative estimate of drug-likeness (QED) is 0.756. The van der Waals surface area contributed by atoms with Crippen molar-refractivity contribution in [1.29, 1.82) is 0 Å². The molecular weight excluding hydrogens is 246 g/mol. The Labute approximate surface area is 124 Å². The van der Waals surface area contributed by atoms with E-state index < -0.39 is 0 Å². The highest BCUT2D eigenvalue weighted by Crippen LogP contribution is 2.46. The second kappa shape index (κ2) is 7.26. The van der Waals surface area contributed by atoms with E-state index in [1.54, 1.807) is 0 Å². The highest BCUT2D eigenvalue weighted by atomic mass is 15.0. The molecule has 1 heterocycles. The van der Waals surface area contributed by atoms with E-state index in [9.17, 15) is 0 Å². The standard InChI is InChI=1S/C17H31N3/c1-4-9-18-15(12-16-19-10-11-20-16)17(13-14(2)3)7-5-6-8-17/h10-11,14-15,18H,4-9,12-13H2,1-3H3,(H,19,20). The predicted molar refractivity (Wildman–Crippen MR) is 84.7 cm³/mol. The number of aromatic nitrogens is 2. The number of H-pyrrole nitrogens is 1. The van der Waals surface area contributed by atoms with Gasteiger partial charge in [0.15, 0.2) is 0 Å². The van der Waals surface area contributed by atoms with Gasteiger partial charge in [-0.2, -0.15) is 0 Å². The van der Waals surface area contributed by atoms with Crippen LogP contribution in [0.25, 0.3) is 0 Å². The van der Waals surface area contributed by atoms with Crippen LogP contribution in [0.2, 0.25) is 0 Å². The molecule has 1 fully saturated rings. The van der Waals surface area contributed by atoms with Gasteiger partial charge in [-0.25, -0.2) is 4.98 Å². The molecule has 0 radical (unpaired) electrons. The molecule has 1 unspecified atom stereocenters. The molecule has 0 spiro atoms.